The van der Waals surface area contributed by atoms with Crippen molar-refractivity contribution < 1.29 is 35.5 Å². The molecule has 31 heavy (non-hydrogen) atoms. The van der Waals surface area contributed by atoms with Gasteiger partial charge in [0.2, 0.25) is 0 Å². The third-order valence-electron chi connectivity index (χ3n) is 4.57. The molecule has 0 atom stereocenters. The summed E-state index contributed by atoms with van der Waals surface area (Å²) in [4.78, 5) is 26.0. The molecule has 0 spiro atoms. The number of carbonyl (C=O) groups excluding carboxylic acids is 2. The maximum atomic E-state index is 14.6. The lowest BCUT2D eigenvalue weighted by Crippen LogP contribution is -2.34. The molecule has 0 saturated heterocycles. The van der Waals surface area contributed by atoms with E-state index in [0.29, 0.717) is 29.2 Å². The van der Waals surface area contributed by atoms with Crippen LogP contribution in [0.2, 0.25) is 0 Å². The molecule has 0 saturated carbocycles. The van der Waals surface area contributed by atoms with Gasteiger partial charge in [-0.05, 0) is 16.3 Å². The topological polar surface area (TPSA) is 80.8 Å². The van der Waals surface area contributed by atoms with Gasteiger partial charge in [-0.3, -0.25) is 9.59 Å². The van der Waals surface area contributed by atoms with Gasteiger partial charge in [0.1, 0.15) is 17.5 Å². The summed E-state index contributed by atoms with van der Waals surface area (Å²) in [7, 11) is -4.34. The average Bonchev–Trinajstić information content (AvgIpc) is 2.90. The van der Waals surface area contributed by atoms with Crippen LogP contribution in [0, 0.1) is 17.5 Å². The molecular formula is C21H12F3NO5S. The molecule has 158 valence electrons. The summed E-state index contributed by atoms with van der Waals surface area (Å²) in [5.41, 5.74) is -2.11. The largest absolute Gasteiger partial charge is 0.287 e. The Morgan fingerprint density at radius 3 is 2.06 bits per heavy atom. The third kappa shape index (κ3) is 3.60. The number of imide groups is 1. The Morgan fingerprint density at radius 2 is 1.42 bits per heavy atom. The predicted molar refractivity (Wildman–Crippen MR) is 105 cm³/mol. The monoisotopic (exact) mass is 447 g/mol. The number of amides is 2. The van der Waals surface area contributed by atoms with Crippen molar-refractivity contribution in [3.05, 3.63) is 83.2 Å². The molecule has 1 aliphatic heterocycles. The first-order chi connectivity index (χ1) is 14.6. The number of hydroxylamine groups is 2. The molecule has 3 aromatic rings. The zero-order valence-electron chi connectivity index (χ0n) is 15.7. The number of nitrogens with zero attached hydrogens (tertiary/aromatic N) is 1. The van der Waals surface area contributed by atoms with Crippen molar-refractivity contribution in [1.29, 1.82) is 0 Å². The molecule has 0 aliphatic carbocycles. The molecule has 0 unspecified atom stereocenters. The van der Waals surface area contributed by atoms with Gasteiger partial charge < -0.3 is 0 Å². The van der Waals surface area contributed by atoms with E-state index < -0.39 is 56.1 Å². The van der Waals surface area contributed by atoms with Crippen molar-refractivity contribution in [2.45, 2.75) is 0 Å². The van der Waals surface area contributed by atoms with Crippen LogP contribution in [0.3, 0.4) is 0 Å². The van der Waals surface area contributed by atoms with Gasteiger partial charge in [0.25, 0.3) is 21.9 Å². The minimum absolute atomic E-state index is 0.0794. The van der Waals surface area contributed by atoms with Crippen LogP contribution in [0.5, 0.6) is 0 Å². The van der Waals surface area contributed by atoms with Crippen LogP contribution >= 0.6 is 0 Å². The van der Waals surface area contributed by atoms with Gasteiger partial charge >= 0.3 is 0 Å². The molecule has 0 radical (unpaired) electrons. The van der Waals surface area contributed by atoms with E-state index in [1.807, 2.05) is 0 Å². The summed E-state index contributed by atoms with van der Waals surface area (Å²) < 4.78 is 70.2. The first-order valence-corrected chi connectivity index (χ1v) is 10.6. The van der Waals surface area contributed by atoms with Crippen molar-refractivity contribution >= 4 is 43.9 Å². The van der Waals surface area contributed by atoms with E-state index in [1.165, 1.54) is 6.07 Å². The van der Waals surface area contributed by atoms with Crippen molar-refractivity contribution in [2.75, 3.05) is 6.26 Å². The fourth-order valence-corrected chi connectivity index (χ4v) is 3.82. The van der Waals surface area contributed by atoms with Crippen molar-refractivity contribution in [1.82, 2.24) is 5.06 Å². The summed E-state index contributed by atoms with van der Waals surface area (Å²) in [6.07, 6.45) is 0.599. The van der Waals surface area contributed by atoms with Crippen LogP contribution in [0.1, 0.15) is 11.1 Å². The molecule has 1 aliphatic rings. The minimum atomic E-state index is -4.34. The average molecular weight is 447 g/mol. The number of halogens is 3. The number of benzene rings is 3. The molecule has 0 aromatic heterocycles. The number of hydrogen-bond acceptors (Lipinski definition) is 5. The second-order valence-electron chi connectivity index (χ2n) is 6.70. The van der Waals surface area contributed by atoms with Gasteiger partial charge in [-0.2, -0.15) is 8.42 Å². The molecule has 3 aromatic carbocycles. The van der Waals surface area contributed by atoms with Gasteiger partial charge in [-0.25, -0.2) is 13.2 Å². The Labute approximate surface area is 174 Å². The van der Waals surface area contributed by atoms with E-state index >= 15 is 0 Å². The smallest absolute Gasteiger partial charge is 0.266 e. The van der Waals surface area contributed by atoms with Crippen LogP contribution in [0.15, 0.2) is 54.6 Å². The van der Waals surface area contributed by atoms with Gasteiger partial charge in [0.15, 0.2) is 0 Å². The third-order valence-corrected chi connectivity index (χ3v) is 4.99. The van der Waals surface area contributed by atoms with Gasteiger partial charge in [-0.15, -0.1) is 9.35 Å². The lowest BCUT2D eigenvalue weighted by molar-refractivity contribution is -0.160. The van der Waals surface area contributed by atoms with Gasteiger partial charge in [-0.1, -0.05) is 42.5 Å². The second kappa shape index (κ2) is 7.33. The summed E-state index contributed by atoms with van der Waals surface area (Å²) in [5, 5.41) is 1.03. The normalized spacial score (nSPS) is 14.8. The van der Waals surface area contributed by atoms with Gasteiger partial charge in [0, 0.05) is 12.1 Å². The Bertz CT molecular complexity index is 1390. The van der Waals surface area contributed by atoms with Crippen molar-refractivity contribution in [3.8, 4) is 0 Å². The number of hydrogen-bond donors (Lipinski definition) is 0. The van der Waals surface area contributed by atoms with Gasteiger partial charge in [0.05, 0.1) is 23.0 Å². The predicted octanol–water partition coefficient (Wildman–Crippen LogP) is 3.43. The Hall–Kier alpha value is -3.50. The summed E-state index contributed by atoms with van der Waals surface area (Å²) in [5.74, 6) is -6.74. The zero-order chi connectivity index (χ0) is 22.5. The quantitative estimate of drug-likeness (QED) is 0.573. The summed E-state index contributed by atoms with van der Waals surface area (Å²) >= 11 is 0. The highest BCUT2D eigenvalue weighted by Gasteiger charge is 2.45. The molecule has 2 amide bonds. The molecule has 0 bridgehead atoms. The molecule has 10 heteroatoms. The van der Waals surface area contributed by atoms with E-state index in [2.05, 4.69) is 4.28 Å². The standard InChI is InChI=1S/C21H12F3NO5S/c1-31(28,29)30-25-20(26)17(14-8-4-6-11-5-2-3-7-13(11)14)19(21(25)27)18-15(23)9-12(22)10-16(18)24/h2-10H,1H3. The maximum absolute atomic E-state index is 14.6. The lowest BCUT2D eigenvalue weighted by Gasteiger charge is -2.12. The highest BCUT2D eigenvalue weighted by molar-refractivity contribution is 7.85. The number of rotatable bonds is 4. The fourth-order valence-electron chi connectivity index (χ4n) is 3.42. The van der Waals surface area contributed by atoms with Crippen molar-refractivity contribution in [2.24, 2.45) is 0 Å². The summed E-state index contributed by atoms with van der Waals surface area (Å²) in [6, 6.07) is 12.1. The highest BCUT2D eigenvalue weighted by atomic mass is 32.2. The minimum Gasteiger partial charge on any atom is -0.266 e. The SMILES string of the molecule is CS(=O)(=O)ON1C(=O)C(c2c(F)cc(F)cc2F)=C(c2cccc3ccccc23)C1=O. The molecular weight excluding hydrogens is 435 g/mol. The molecule has 0 N–H and O–H groups in total. The van der Waals surface area contributed by atoms with E-state index in [9.17, 15) is 31.2 Å². The number of fused-ring (bicyclic) bond motifs is 1. The molecule has 4 rings (SSSR count). The fraction of sp³-hybridized carbons (Fsp3) is 0.0476. The van der Waals surface area contributed by atoms with Crippen LogP contribution in [-0.4, -0.2) is 31.6 Å². The van der Waals surface area contributed by atoms with Crippen molar-refractivity contribution in [3.63, 3.8) is 0 Å². The summed E-state index contributed by atoms with van der Waals surface area (Å²) in [6.45, 7) is 0. The first kappa shape index (κ1) is 20.8. The number of carbonyl (C=O) groups is 2. The highest BCUT2D eigenvalue weighted by Crippen LogP contribution is 2.40. The zero-order valence-corrected chi connectivity index (χ0v) is 16.5. The van der Waals surface area contributed by atoms with Crippen LogP contribution < -0.4 is 0 Å². The van der Waals surface area contributed by atoms with E-state index in [4.69, 9.17) is 0 Å². The lowest BCUT2D eigenvalue weighted by atomic mass is 9.92. The first-order valence-electron chi connectivity index (χ1n) is 8.74. The van der Waals surface area contributed by atoms with E-state index in [0.717, 1.165) is 0 Å². The molecule has 6 nitrogen and oxygen atoms in total. The van der Waals surface area contributed by atoms with E-state index in [1.54, 1.807) is 36.4 Å². The van der Waals surface area contributed by atoms with Crippen LogP contribution in [0.25, 0.3) is 21.9 Å². The Kier molecular flexibility index (Phi) is 4.91. The van der Waals surface area contributed by atoms with Crippen LogP contribution in [-0.2, 0) is 24.0 Å². The Morgan fingerprint density at radius 1 is 0.839 bits per heavy atom. The Balaban J connectivity index is 2.07. The maximum Gasteiger partial charge on any atom is 0.287 e. The molecule has 1 heterocycles. The second-order valence-corrected chi connectivity index (χ2v) is 8.26. The van der Waals surface area contributed by atoms with E-state index in [-0.39, 0.29) is 10.6 Å². The van der Waals surface area contributed by atoms with Crippen LogP contribution in [0.4, 0.5) is 13.2 Å². The molecule has 0 fully saturated rings.